The Balaban J connectivity index is 3.47. The minimum Gasteiger partial charge on any atom is -0.481 e. The smallest absolute Gasteiger partial charge is 0.313 e. The Bertz CT molecular complexity index is 232. The number of hydrogen-bond donors (Lipinski definition) is 2. The molecule has 0 fully saturated rings. The molecule has 0 aromatic rings. The number of carboxylic acids is 1. The highest BCUT2D eigenvalue weighted by molar-refractivity contribution is 8.00. The molecule has 0 aliphatic heterocycles. The lowest BCUT2D eigenvalue weighted by molar-refractivity contribution is -0.133. The Morgan fingerprint density at radius 1 is 1.00 bits per heavy atom. The molecule has 4 heteroatoms. The van der Waals surface area contributed by atoms with Crippen LogP contribution in [0.1, 0.15) is 78.1 Å². The third-order valence-corrected chi connectivity index (χ3v) is 5.02. The van der Waals surface area contributed by atoms with Crippen molar-refractivity contribution in [3.63, 3.8) is 0 Å². The van der Waals surface area contributed by atoms with Crippen LogP contribution in [0.5, 0.6) is 0 Å². The Kier molecular flexibility index (Phi) is 13.6. The molecule has 0 bridgehead atoms. The molecule has 0 aromatic heterocycles. The second-order valence-corrected chi connectivity index (χ2v) is 6.83. The lowest BCUT2D eigenvalue weighted by atomic mass is 10.0. The zero-order valence-corrected chi connectivity index (χ0v) is 14.0. The average molecular weight is 304 g/mol. The highest BCUT2D eigenvalue weighted by Crippen LogP contribution is 2.22. The summed E-state index contributed by atoms with van der Waals surface area (Å²) >= 11 is 1.37. The number of aliphatic hydroxyl groups excluding tert-OH is 1. The van der Waals surface area contributed by atoms with Crippen LogP contribution in [0.3, 0.4) is 0 Å². The van der Waals surface area contributed by atoms with Gasteiger partial charge in [0.05, 0.1) is 11.9 Å². The van der Waals surface area contributed by atoms with Gasteiger partial charge < -0.3 is 10.2 Å². The summed E-state index contributed by atoms with van der Waals surface area (Å²) in [6.45, 7) is 3.99. The van der Waals surface area contributed by atoms with E-state index in [1.54, 1.807) is 6.92 Å². The van der Waals surface area contributed by atoms with Crippen molar-refractivity contribution in [2.24, 2.45) is 0 Å². The number of aliphatic hydroxyl groups is 1. The fourth-order valence-electron chi connectivity index (χ4n) is 2.30. The first kappa shape index (κ1) is 19.8. The molecule has 0 aliphatic rings. The normalized spacial score (nSPS) is 14.2. The quantitative estimate of drug-likeness (QED) is 0.465. The van der Waals surface area contributed by atoms with Gasteiger partial charge in [0.25, 0.3) is 0 Å². The van der Waals surface area contributed by atoms with E-state index < -0.39 is 12.1 Å². The van der Waals surface area contributed by atoms with Gasteiger partial charge >= 0.3 is 5.97 Å². The van der Waals surface area contributed by atoms with Crippen LogP contribution in [0.15, 0.2) is 0 Å². The lowest BCUT2D eigenvalue weighted by Crippen LogP contribution is -2.21. The van der Waals surface area contributed by atoms with Crippen molar-refractivity contribution in [3.05, 3.63) is 0 Å². The number of hydrogen-bond acceptors (Lipinski definition) is 3. The maximum Gasteiger partial charge on any atom is 0.313 e. The van der Waals surface area contributed by atoms with Gasteiger partial charge in [-0.3, -0.25) is 4.79 Å². The van der Waals surface area contributed by atoms with Gasteiger partial charge in [0.1, 0.15) is 0 Å². The van der Waals surface area contributed by atoms with Crippen molar-refractivity contribution in [2.45, 2.75) is 89.4 Å². The van der Waals surface area contributed by atoms with E-state index in [0.717, 1.165) is 12.8 Å². The maximum atomic E-state index is 10.5. The first-order valence-corrected chi connectivity index (χ1v) is 9.14. The Labute approximate surface area is 128 Å². The summed E-state index contributed by atoms with van der Waals surface area (Å²) in [6.07, 6.45) is 12.1. The van der Waals surface area contributed by atoms with Crippen LogP contribution in [0.25, 0.3) is 0 Å². The number of carbonyl (C=O) groups is 1. The number of aliphatic carboxylic acids is 1. The van der Waals surface area contributed by atoms with E-state index >= 15 is 0 Å². The SMILES string of the molecule is CCCCCCCCCCC[C@@H](SCC(=O)O)[C@H](C)O. The van der Waals surface area contributed by atoms with Crippen LogP contribution in [-0.4, -0.2) is 33.3 Å². The van der Waals surface area contributed by atoms with Gasteiger partial charge in [-0.15, -0.1) is 11.8 Å². The molecule has 2 atom stereocenters. The van der Waals surface area contributed by atoms with Crippen LogP contribution < -0.4 is 0 Å². The summed E-state index contributed by atoms with van der Waals surface area (Å²) < 4.78 is 0. The molecule has 120 valence electrons. The fraction of sp³-hybridized carbons (Fsp3) is 0.938. The van der Waals surface area contributed by atoms with Crippen LogP contribution in [0, 0.1) is 0 Å². The largest absolute Gasteiger partial charge is 0.481 e. The minimum atomic E-state index is -0.798. The summed E-state index contributed by atoms with van der Waals surface area (Å²) in [5, 5.41) is 18.4. The van der Waals surface area contributed by atoms with E-state index in [2.05, 4.69) is 6.92 Å². The predicted molar refractivity (Wildman–Crippen MR) is 87.4 cm³/mol. The van der Waals surface area contributed by atoms with Crippen LogP contribution >= 0.6 is 11.8 Å². The molecule has 0 saturated heterocycles. The molecule has 3 nitrogen and oxygen atoms in total. The summed E-state index contributed by atoms with van der Waals surface area (Å²) in [5.41, 5.74) is 0. The Hall–Kier alpha value is -0.220. The molecule has 20 heavy (non-hydrogen) atoms. The summed E-state index contributed by atoms with van der Waals surface area (Å²) in [5.74, 6) is -0.708. The number of thioether (sulfide) groups is 1. The number of carboxylic acid groups (broad SMARTS) is 1. The zero-order valence-electron chi connectivity index (χ0n) is 13.1. The maximum absolute atomic E-state index is 10.5. The predicted octanol–water partition coefficient (Wildman–Crippen LogP) is 4.47. The Morgan fingerprint density at radius 3 is 1.95 bits per heavy atom. The van der Waals surface area contributed by atoms with E-state index in [-0.39, 0.29) is 11.0 Å². The molecular weight excluding hydrogens is 272 g/mol. The summed E-state index contributed by atoms with van der Waals surface area (Å²) in [6, 6.07) is 0. The topological polar surface area (TPSA) is 57.5 Å². The van der Waals surface area contributed by atoms with E-state index in [1.807, 2.05) is 0 Å². The molecule has 0 rings (SSSR count). The van der Waals surface area contributed by atoms with Crippen molar-refractivity contribution in [1.82, 2.24) is 0 Å². The van der Waals surface area contributed by atoms with Gasteiger partial charge in [-0.25, -0.2) is 0 Å². The second-order valence-electron chi connectivity index (χ2n) is 5.60. The Morgan fingerprint density at radius 2 is 1.50 bits per heavy atom. The van der Waals surface area contributed by atoms with Crippen molar-refractivity contribution in [1.29, 1.82) is 0 Å². The van der Waals surface area contributed by atoms with Crippen molar-refractivity contribution >= 4 is 17.7 Å². The van der Waals surface area contributed by atoms with Crippen molar-refractivity contribution in [3.8, 4) is 0 Å². The van der Waals surface area contributed by atoms with Gasteiger partial charge in [-0.1, -0.05) is 64.7 Å². The number of unbranched alkanes of at least 4 members (excludes halogenated alkanes) is 8. The first-order chi connectivity index (χ1) is 9.57. The molecule has 0 heterocycles. The van der Waals surface area contributed by atoms with Crippen LogP contribution in [0.2, 0.25) is 0 Å². The van der Waals surface area contributed by atoms with Gasteiger partial charge in [0, 0.05) is 5.25 Å². The van der Waals surface area contributed by atoms with Crippen molar-refractivity contribution < 1.29 is 15.0 Å². The van der Waals surface area contributed by atoms with E-state index in [1.165, 1.54) is 63.1 Å². The molecule has 0 aliphatic carbocycles. The van der Waals surface area contributed by atoms with Crippen molar-refractivity contribution in [2.75, 3.05) is 5.75 Å². The molecule has 0 radical (unpaired) electrons. The molecule has 0 saturated carbocycles. The van der Waals surface area contributed by atoms with Gasteiger partial charge in [0.2, 0.25) is 0 Å². The van der Waals surface area contributed by atoms with E-state index in [4.69, 9.17) is 5.11 Å². The van der Waals surface area contributed by atoms with Gasteiger partial charge in [-0.05, 0) is 13.3 Å². The molecule has 0 aromatic carbocycles. The van der Waals surface area contributed by atoms with Crippen LogP contribution in [0.4, 0.5) is 0 Å². The highest BCUT2D eigenvalue weighted by Gasteiger charge is 2.16. The average Bonchev–Trinajstić information content (AvgIpc) is 2.39. The van der Waals surface area contributed by atoms with Gasteiger partial charge in [0.15, 0.2) is 0 Å². The van der Waals surface area contributed by atoms with Crippen LogP contribution in [-0.2, 0) is 4.79 Å². The first-order valence-electron chi connectivity index (χ1n) is 8.09. The third-order valence-electron chi connectivity index (χ3n) is 3.55. The second kappa shape index (κ2) is 13.7. The van der Waals surface area contributed by atoms with E-state index in [0.29, 0.717) is 0 Å². The molecule has 0 amide bonds. The zero-order chi connectivity index (χ0) is 15.2. The molecule has 2 N–H and O–H groups in total. The minimum absolute atomic E-state index is 0.0654. The lowest BCUT2D eigenvalue weighted by Gasteiger charge is -2.18. The highest BCUT2D eigenvalue weighted by atomic mass is 32.2. The monoisotopic (exact) mass is 304 g/mol. The third kappa shape index (κ3) is 12.8. The van der Waals surface area contributed by atoms with Gasteiger partial charge in [-0.2, -0.15) is 0 Å². The fourth-order valence-corrected chi connectivity index (χ4v) is 3.27. The number of rotatable bonds is 14. The molecular formula is C16H32O3S. The summed E-state index contributed by atoms with van der Waals surface area (Å²) in [4.78, 5) is 10.5. The molecule has 0 unspecified atom stereocenters. The summed E-state index contributed by atoms with van der Waals surface area (Å²) in [7, 11) is 0. The standard InChI is InChI=1S/C16H32O3S/c1-3-4-5-6-7-8-9-10-11-12-15(14(2)17)20-13-16(18)19/h14-15,17H,3-13H2,1-2H3,(H,18,19)/t14-,15+/m0/s1. The van der Waals surface area contributed by atoms with E-state index in [9.17, 15) is 9.90 Å². The molecule has 0 spiro atoms.